The van der Waals surface area contributed by atoms with Crippen LogP contribution in [0.1, 0.15) is 28.9 Å². The summed E-state index contributed by atoms with van der Waals surface area (Å²) in [5.41, 5.74) is 7.69. The molecule has 0 spiro atoms. The largest absolute Gasteiger partial charge is 0.398 e. The van der Waals surface area contributed by atoms with E-state index in [0.717, 1.165) is 5.56 Å². The van der Waals surface area contributed by atoms with Gasteiger partial charge in [0.1, 0.15) is 0 Å². The minimum atomic E-state index is -0.0994. The van der Waals surface area contributed by atoms with Crippen molar-refractivity contribution >= 4 is 23.2 Å². The molecule has 1 aromatic carbocycles. The monoisotopic (exact) mass is 289 g/mol. The molecular weight excluding hydrogens is 274 g/mol. The van der Waals surface area contributed by atoms with E-state index >= 15 is 0 Å². The molecule has 1 amide bonds. The molecular formula is C15H16ClN3O. The van der Waals surface area contributed by atoms with Gasteiger partial charge in [-0.2, -0.15) is 0 Å². The maximum atomic E-state index is 12.4. The van der Waals surface area contributed by atoms with Crippen molar-refractivity contribution in [3.8, 4) is 0 Å². The zero-order valence-electron chi connectivity index (χ0n) is 11.4. The molecule has 4 nitrogen and oxygen atoms in total. The van der Waals surface area contributed by atoms with Crippen LogP contribution in [-0.4, -0.2) is 22.8 Å². The molecule has 2 N–H and O–H groups in total. The number of benzene rings is 1. The first-order valence-corrected chi connectivity index (χ1v) is 6.60. The SMILES string of the molecule is CC(c1ccncc1)N(C)C(=O)c1ccc(Cl)c(N)c1. The van der Waals surface area contributed by atoms with Crippen LogP contribution in [-0.2, 0) is 0 Å². The molecule has 0 aliphatic heterocycles. The van der Waals surface area contributed by atoms with Gasteiger partial charge in [0.25, 0.3) is 5.91 Å². The molecule has 1 aromatic heterocycles. The van der Waals surface area contributed by atoms with Crippen molar-refractivity contribution < 1.29 is 4.79 Å². The summed E-state index contributed by atoms with van der Waals surface area (Å²) in [5.74, 6) is -0.0994. The van der Waals surface area contributed by atoms with Crippen LogP contribution in [0.25, 0.3) is 0 Å². The number of carbonyl (C=O) groups excluding carboxylic acids is 1. The third-order valence-corrected chi connectivity index (χ3v) is 3.68. The zero-order chi connectivity index (χ0) is 14.7. The van der Waals surface area contributed by atoms with E-state index < -0.39 is 0 Å². The van der Waals surface area contributed by atoms with Crippen molar-refractivity contribution in [1.29, 1.82) is 0 Å². The summed E-state index contributed by atoms with van der Waals surface area (Å²) in [5, 5.41) is 0.450. The van der Waals surface area contributed by atoms with Crippen LogP contribution in [0, 0.1) is 0 Å². The molecule has 0 aliphatic carbocycles. The summed E-state index contributed by atoms with van der Waals surface area (Å²) in [7, 11) is 1.76. The quantitative estimate of drug-likeness (QED) is 0.883. The van der Waals surface area contributed by atoms with Gasteiger partial charge in [0.05, 0.1) is 16.8 Å². The van der Waals surface area contributed by atoms with Gasteiger partial charge in [0.15, 0.2) is 0 Å². The fraction of sp³-hybridized carbons (Fsp3) is 0.200. The van der Waals surface area contributed by atoms with Gasteiger partial charge < -0.3 is 10.6 Å². The Hall–Kier alpha value is -2.07. The number of nitrogen functional groups attached to an aromatic ring is 1. The van der Waals surface area contributed by atoms with Gasteiger partial charge in [-0.05, 0) is 42.8 Å². The number of hydrogen-bond donors (Lipinski definition) is 1. The highest BCUT2D eigenvalue weighted by Crippen LogP contribution is 2.23. The van der Waals surface area contributed by atoms with Gasteiger partial charge in [-0.15, -0.1) is 0 Å². The van der Waals surface area contributed by atoms with Crippen LogP contribution in [0.15, 0.2) is 42.7 Å². The van der Waals surface area contributed by atoms with E-state index in [9.17, 15) is 4.79 Å². The number of pyridine rings is 1. The van der Waals surface area contributed by atoms with Crippen LogP contribution in [0.3, 0.4) is 0 Å². The Morgan fingerprint density at radius 2 is 1.95 bits per heavy atom. The second kappa shape index (κ2) is 5.92. The molecule has 0 bridgehead atoms. The number of halogens is 1. The highest BCUT2D eigenvalue weighted by atomic mass is 35.5. The number of rotatable bonds is 3. The maximum Gasteiger partial charge on any atom is 0.254 e. The van der Waals surface area contributed by atoms with Gasteiger partial charge in [-0.3, -0.25) is 9.78 Å². The Labute approximate surface area is 123 Å². The Morgan fingerprint density at radius 3 is 2.55 bits per heavy atom. The normalized spacial score (nSPS) is 11.9. The van der Waals surface area contributed by atoms with E-state index in [2.05, 4.69) is 4.98 Å². The maximum absolute atomic E-state index is 12.4. The molecule has 104 valence electrons. The number of nitrogens with two attached hydrogens (primary N) is 1. The molecule has 2 rings (SSSR count). The van der Waals surface area contributed by atoms with Crippen LogP contribution >= 0.6 is 11.6 Å². The zero-order valence-corrected chi connectivity index (χ0v) is 12.1. The molecule has 1 unspecified atom stereocenters. The molecule has 0 saturated heterocycles. The molecule has 1 atom stereocenters. The molecule has 20 heavy (non-hydrogen) atoms. The second-order valence-electron chi connectivity index (χ2n) is 4.61. The Bertz CT molecular complexity index is 616. The molecule has 0 radical (unpaired) electrons. The summed E-state index contributed by atoms with van der Waals surface area (Å²) in [6, 6.07) is 8.64. The summed E-state index contributed by atoms with van der Waals surface area (Å²) in [4.78, 5) is 18.1. The lowest BCUT2D eigenvalue weighted by molar-refractivity contribution is 0.0742. The lowest BCUT2D eigenvalue weighted by Crippen LogP contribution is -2.29. The van der Waals surface area contributed by atoms with Crippen molar-refractivity contribution in [3.63, 3.8) is 0 Å². The average Bonchev–Trinajstić information content (AvgIpc) is 2.48. The fourth-order valence-corrected chi connectivity index (χ4v) is 2.04. The van der Waals surface area contributed by atoms with Gasteiger partial charge in [-0.25, -0.2) is 0 Å². The number of aromatic nitrogens is 1. The lowest BCUT2D eigenvalue weighted by atomic mass is 10.1. The summed E-state index contributed by atoms with van der Waals surface area (Å²) < 4.78 is 0. The smallest absolute Gasteiger partial charge is 0.254 e. The number of hydrogen-bond acceptors (Lipinski definition) is 3. The topological polar surface area (TPSA) is 59.2 Å². The first kappa shape index (κ1) is 14.3. The van der Waals surface area contributed by atoms with E-state index in [1.54, 1.807) is 42.5 Å². The van der Waals surface area contributed by atoms with Gasteiger partial charge in [0.2, 0.25) is 0 Å². The van der Waals surface area contributed by atoms with Crippen LogP contribution < -0.4 is 5.73 Å². The highest BCUT2D eigenvalue weighted by molar-refractivity contribution is 6.33. The van der Waals surface area contributed by atoms with E-state index in [-0.39, 0.29) is 11.9 Å². The minimum Gasteiger partial charge on any atom is -0.398 e. The minimum absolute atomic E-state index is 0.0533. The lowest BCUT2D eigenvalue weighted by Gasteiger charge is -2.25. The van der Waals surface area contributed by atoms with E-state index in [0.29, 0.717) is 16.3 Å². The predicted molar refractivity (Wildman–Crippen MR) is 80.6 cm³/mol. The van der Waals surface area contributed by atoms with E-state index in [1.165, 1.54) is 0 Å². The van der Waals surface area contributed by atoms with Crippen LogP contribution in [0.5, 0.6) is 0 Å². The van der Waals surface area contributed by atoms with Gasteiger partial charge in [-0.1, -0.05) is 11.6 Å². The fourth-order valence-electron chi connectivity index (χ4n) is 1.92. The summed E-state index contributed by atoms with van der Waals surface area (Å²) in [6.07, 6.45) is 3.43. The van der Waals surface area contributed by atoms with Crippen LogP contribution in [0.2, 0.25) is 5.02 Å². The number of anilines is 1. The van der Waals surface area contributed by atoms with E-state index in [1.807, 2.05) is 19.1 Å². The van der Waals surface area contributed by atoms with Crippen molar-refractivity contribution in [2.45, 2.75) is 13.0 Å². The van der Waals surface area contributed by atoms with Crippen molar-refractivity contribution in [1.82, 2.24) is 9.88 Å². The average molecular weight is 290 g/mol. The molecule has 0 aliphatic rings. The molecule has 2 aromatic rings. The van der Waals surface area contributed by atoms with Crippen LogP contribution in [0.4, 0.5) is 5.69 Å². The summed E-state index contributed by atoms with van der Waals surface area (Å²) >= 11 is 5.87. The second-order valence-corrected chi connectivity index (χ2v) is 5.02. The molecule has 1 heterocycles. The van der Waals surface area contributed by atoms with Crippen molar-refractivity contribution in [2.24, 2.45) is 0 Å². The molecule has 5 heteroatoms. The first-order chi connectivity index (χ1) is 9.50. The number of nitrogens with zero attached hydrogens (tertiary/aromatic N) is 2. The Balaban J connectivity index is 2.22. The Kier molecular flexibility index (Phi) is 4.25. The third kappa shape index (κ3) is 2.91. The molecule has 0 saturated carbocycles. The van der Waals surface area contributed by atoms with Gasteiger partial charge in [0, 0.05) is 25.0 Å². The van der Waals surface area contributed by atoms with Crippen molar-refractivity contribution in [3.05, 3.63) is 58.9 Å². The third-order valence-electron chi connectivity index (χ3n) is 3.33. The van der Waals surface area contributed by atoms with Crippen molar-refractivity contribution in [2.75, 3.05) is 12.8 Å². The standard InChI is InChI=1S/C15H16ClN3O/c1-10(11-5-7-18-8-6-11)19(2)15(20)12-3-4-13(16)14(17)9-12/h3-10H,17H2,1-2H3. The highest BCUT2D eigenvalue weighted by Gasteiger charge is 2.19. The number of amides is 1. The molecule has 0 fully saturated rings. The van der Waals surface area contributed by atoms with Gasteiger partial charge >= 0.3 is 0 Å². The first-order valence-electron chi connectivity index (χ1n) is 6.23. The Morgan fingerprint density at radius 1 is 1.30 bits per heavy atom. The predicted octanol–water partition coefficient (Wildman–Crippen LogP) is 3.15. The van der Waals surface area contributed by atoms with E-state index in [4.69, 9.17) is 17.3 Å². The number of carbonyl (C=O) groups is 1. The summed E-state index contributed by atoms with van der Waals surface area (Å²) in [6.45, 7) is 1.96.